The molecule has 2 rings (SSSR count). The summed E-state index contributed by atoms with van der Waals surface area (Å²) in [6.45, 7) is 3.74. The van der Waals surface area contributed by atoms with Gasteiger partial charge in [0.25, 0.3) is 0 Å². The van der Waals surface area contributed by atoms with Gasteiger partial charge in [0.2, 0.25) is 0 Å². The molecule has 0 spiro atoms. The fourth-order valence-corrected chi connectivity index (χ4v) is 2.56. The Morgan fingerprint density at radius 3 is 2.42 bits per heavy atom. The molecule has 2 aromatic rings. The van der Waals surface area contributed by atoms with Crippen LogP contribution in [0.25, 0.3) is 0 Å². The highest BCUT2D eigenvalue weighted by atomic mass is 16.3. The third kappa shape index (κ3) is 5.09. The molecule has 0 aromatic heterocycles. The van der Waals surface area contributed by atoms with E-state index in [1.807, 2.05) is 44.3 Å². The van der Waals surface area contributed by atoms with E-state index in [1.165, 1.54) is 0 Å². The van der Waals surface area contributed by atoms with E-state index in [2.05, 4.69) is 40.6 Å². The van der Waals surface area contributed by atoms with Crippen molar-refractivity contribution in [3.63, 3.8) is 0 Å². The molecule has 0 saturated heterocycles. The molecule has 0 saturated carbocycles. The van der Waals surface area contributed by atoms with Crippen molar-refractivity contribution in [3.05, 3.63) is 65.7 Å². The first-order valence-corrected chi connectivity index (χ1v) is 8.18. The van der Waals surface area contributed by atoms with Gasteiger partial charge in [0.05, 0.1) is 18.1 Å². The number of nitriles is 1. The van der Waals surface area contributed by atoms with E-state index < -0.39 is 5.60 Å². The second-order valence-corrected chi connectivity index (χ2v) is 6.24. The topological polar surface area (TPSA) is 59.3 Å². The summed E-state index contributed by atoms with van der Waals surface area (Å²) in [5.74, 6) is 0. The van der Waals surface area contributed by atoms with Crippen molar-refractivity contribution in [2.24, 2.45) is 0 Å². The Morgan fingerprint density at radius 1 is 1.12 bits per heavy atom. The zero-order chi connectivity index (χ0) is 17.4. The van der Waals surface area contributed by atoms with E-state index in [4.69, 9.17) is 5.26 Å². The average molecular weight is 323 g/mol. The summed E-state index contributed by atoms with van der Waals surface area (Å²) >= 11 is 0. The maximum atomic E-state index is 10.6. The van der Waals surface area contributed by atoms with E-state index >= 15 is 0 Å². The van der Waals surface area contributed by atoms with Crippen molar-refractivity contribution in [1.29, 1.82) is 5.26 Å². The van der Waals surface area contributed by atoms with Gasteiger partial charge in [-0.25, -0.2) is 0 Å². The van der Waals surface area contributed by atoms with E-state index in [9.17, 15) is 5.11 Å². The molecule has 0 heterocycles. The molecular formula is C20H25N3O. The van der Waals surface area contributed by atoms with Crippen molar-refractivity contribution in [1.82, 2.24) is 5.32 Å². The minimum atomic E-state index is -0.890. The third-order valence-electron chi connectivity index (χ3n) is 4.13. The van der Waals surface area contributed by atoms with Gasteiger partial charge in [0.15, 0.2) is 0 Å². The van der Waals surface area contributed by atoms with Crippen molar-refractivity contribution in [2.75, 3.05) is 25.0 Å². The highest BCUT2D eigenvalue weighted by Gasteiger charge is 2.21. The zero-order valence-corrected chi connectivity index (χ0v) is 14.4. The van der Waals surface area contributed by atoms with Crippen LogP contribution < -0.4 is 10.2 Å². The summed E-state index contributed by atoms with van der Waals surface area (Å²) in [6.07, 6.45) is 0.522. The van der Waals surface area contributed by atoms with Crippen LogP contribution in [0.5, 0.6) is 0 Å². The van der Waals surface area contributed by atoms with Crippen LogP contribution in [0, 0.1) is 11.3 Å². The third-order valence-corrected chi connectivity index (χ3v) is 4.13. The lowest BCUT2D eigenvalue weighted by Gasteiger charge is -2.24. The van der Waals surface area contributed by atoms with Crippen molar-refractivity contribution in [2.45, 2.75) is 25.5 Å². The van der Waals surface area contributed by atoms with Crippen LogP contribution >= 0.6 is 0 Å². The number of nitrogens with zero attached hydrogens (tertiary/aromatic N) is 2. The molecule has 2 aromatic carbocycles. The number of benzene rings is 2. The molecule has 126 valence electrons. The maximum Gasteiger partial charge on any atom is 0.0992 e. The van der Waals surface area contributed by atoms with Gasteiger partial charge in [0, 0.05) is 32.4 Å². The highest BCUT2D eigenvalue weighted by Crippen LogP contribution is 2.19. The van der Waals surface area contributed by atoms with Crippen LogP contribution in [-0.2, 0) is 12.1 Å². The predicted octanol–water partition coefficient (Wildman–Crippen LogP) is 3.03. The van der Waals surface area contributed by atoms with Gasteiger partial charge in [-0.2, -0.15) is 5.26 Å². The Bertz CT molecular complexity index is 660. The van der Waals surface area contributed by atoms with Gasteiger partial charge >= 0.3 is 0 Å². The summed E-state index contributed by atoms with van der Waals surface area (Å²) in [5.41, 5.74) is 2.28. The lowest BCUT2D eigenvalue weighted by atomic mass is 9.96. The smallest absolute Gasteiger partial charge is 0.0992 e. The first kappa shape index (κ1) is 18.0. The molecular weight excluding hydrogens is 298 g/mol. The summed E-state index contributed by atoms with van der Waals surface area (Å²) < 4.78 is 0. The van der Waals surface area contributed by atoms with Gasteiger partial charge in [-0.3, -0.25) is 0 Å². The predicted molar refractivity (Wildman–Crippen MR) is 97.7 cm³/mol. The summed E-state index contributed by atoms with van der Waals surface area (Å²) in [5, 5.41) is 22.5. The fraction of sp³-hybridized carbons (Fsp3) is 0.350. The lowest BCUT2D eigenvalue weighted by Crippen LogP contribution is -2.35. The van der Waals surface area contributed by atoms with Gasteiger partial charge < -0.3 is 15.3 Å². The van der Waals surface area contributed by atoms with Gasteiger partial charge in [0.1, 0.15) is 0 Å². The van der Waals surface area contributed by atoms with Crippen molar-refractivity contribution < 1.29 is 5.11 Å². The SMILES string of the molecule is CN(CCC#N)c1ccc(CNCC(C)(O)c2ccccc2)cc1. The largest absolute Gasteiger partial charge is 0.384 e. The van der Waals surface area contributed by atoms with E-state index in [0.29, 0.717) is 19.5 Å². The molecule has 4 nitrogen and oxygen atoms in total. The Hall–Kier alpha value is -2.35. The van der Waals surface area contributed by atoms with Gasteiger partial charge in [-0.1, -0.05) is 42.5 Å². The number of anilines is 1. The molecule has 0 aliphatic carbocycles. The van der Waals surface area contributed by atoms with Crippen molar-refractivity contribution >= 4 is 5.69 Å². The molecule has 0 radical (unpaired) electrons. The van der Waals surface area contributed by atoms with Crippen LogP contribution in [-0.4, -0.2) is 25.2 Å². The second-order valence-electron chi connectivity index (χ2n) is 6.24. The summed E-state index contributed by atoms with van der Waals surface area (Å²) in [4.78, 5) is 2.07. The summed E-state index contributed by atoms with van der Waals surface area (Å²) in [6, 6.07) is 20.1. The first-order valence-electron chi connectivity index (χ1n) is 8.18. The molecule has 0 bridgehead atoms. The highest BCUT2D eigenvalue weighted by molar-refractivity contribution is 5.46. The van der Waals surface area contributed by atoms with Crippen LogP contribution in [0.4, 0.5) is 5.69 Å². The molecule has 24 heavy (non-hydrogen) atoms. The first-order chi connectivity index (χ1) is 11.5. The number of aliphatic hydroxyl groups is 1. The molecule has 2 N–H and O–H groups in total. The van der Waals surface area contributed by atoms with Crippen LogP contribution in [0.1, 0.15) is 24.5 Å². The van der Waals surface area contributed by atoms with E-state index in [1.54, 1.807) is 0 Å². The quantitative estimate of drug-likeness (QED) is 0.784. The molecule has 0 amide bonds. The Labute approximate surface area is 144 Å². The average Bonchev–Trinajstić information content (AvgIpc) is 2.61. The Kier molecular flexibility index (Phi) is 6.36. The molecule has 0 aliphatic heterocycles. The monoisotopic (exact) mass is 323 g/mol. The second kappa shape index (κ2) is 8.49. The zero-order valence-electron chi connectivity index (χ0n) is 14.4. The maximum absolute atomic E-state index is 10.6. The molecule has 1 atom stereocenters. The number of nitrogens with one attached hydrogen (secondary N) is 1. The molecule has 0 fully saturated rings. The van der Waals surface area contributed by atoms with E-state index in [0.717, 1.165) is 23.4 Å². The Morgan fingerprint density at radius 2 is 1.79 bits per heavy atom. The summed E-state index contributed by atoms with van der Waals surface area (Å²) in [7, 11) is 1.99. The fourth-order valence-electron chi connectivity index (χ4n) is 2.56. The number of hydrogen-bond acceptors (Lipinski definition) is 4. The van der Waals surface area contributed by atoms with Crippen molar-refractivity contribution in [3.8, 4) is 6.07 Å². The number of rotatable bonds is 8. The normalized spacial score (nSPS) is 13.1. The Balaban J connectivity index is 1.85. The lowest BCUT2D eigenvalue weighted by molar-refractivity contribution is 0.0567. The molecule has 0 aliphatic rings. The van der Waals surface area contributed by atoms with Crippen LogP contribution in [0.3, 0.4) is 0 Å². The molecule has 1 unspecified atom stereocenters. The van der Waals surface area contributed by atoms with E-state index in [-0.39, 0.29) is 0 Å². The van der Waals surface area contributed by atoms with Crippen LogP contribution in [0.2, 0.25) is 0 Å². The number of hydrogen-bond donors (Lipinski definition) is 2. The van der Waals surface area contributed by atoms with Gasteiger partial charge in [-0.05, 0) is 30.2 Å². The minimum absolute atomic E-state index is 0.487. The minimum Gasteiger partial charge on any atom is -0.384 e. The van der Waals surface area contributed by atoms with Crippen LogP contribution in [0.15, 0.2) is 54.6 Å². The molecule has 4 heteroatoms. The van der Waals surface area contributed by atoms with Gasteiger partial charge in [-0.15, -0.1) is 0 Å². The standard InChI is InChI=1S/C20H25N3O/c1-20(24,18-7-4-3-5-8-18)16-22-15-17-9-11-19(12-10-17)23(2)14-6-13-21/h3-5,7-12,22,24H,6,14-16H2,1-2H3.